The Hall–Kier alpha value is -4.04. The Kier molecular flexibility index (Phi) is 15.5. The fourth-order valence-electron chi connectivity index (χ4n) is 4.46. The second-order valence-corrected chi connectivity index (χ2v) is 13.5. The van der Waals surface area contributed by atoms with Gasteiger partial charge in [0.2, 0.25) is 0 Å². The number of ether oxygens (including phenoxy) is 4. The molecule has 0 radical (unpaired) electrons. The molecule has 13 nitrogen and oxygen atoms in total. The van der Waals surface area contributed by atoms with Crippen LogP contribution in [0.25, 0.3) is 0 Å². The van der Waals surface area contributed by atoms with Gasteiger partial charge >= 0.3 is 18.2 Å². The van der Waals surface area contributed by atoms with E-state index in [4.69, 9.17) is 18.9 Å². The molecular formula is C35H50N2O11. The molecule has 2 aromatic rings. The van der Waals surface area contributed by atoms with Gasteiger partial charge in [-0.05, 0) is 52.7 Å². The molecule has 0 fully saturated rings. The van der Waals surface area contributed by atoms with Gasteiger partial charge in [0.05, 0.1) is 25.9 Å². The Balaban J connectivity index is 1.95. The van der Waals surface area contributed by atoms with E-state index >= 15 is 0 Å². The molecule has 5 atom stereocenters. The lowest BCUT2D eigenvalue weighted by Crippen LogP contribution is -2.56. The van der Waals surface area contributed by atoms with E-state index in [1.807, 2.05) is 6.07 Å². The Morgan fingerprint density at radius 2 is 1.33 bits per heavy atom. The van der Waals surface area contributed by atoms with Crippen molar-refractivity contribution in [3.8, 4) is 0 Å². The van der Waals surface area contributed by atoms with E-state index in [9.17, 15) is 34.5 Å². The molecule has 0 unspecified atom stereocenters. The molecule has 2 aromatic carbocycles. The molecule has 2 amide bonds. The van der Waals surface area contributed by atoms with Crippen LogP contribution in [-0.4, -0.2) is 101 Å². The van der Waals surface area contributed by atoms with E-state index < -0.39 is 65.9 Å². The van der Waals surface area contributed by atoms with E-state index in [2.05, 4.69) is 10.6 Å². The molecule has 0 aliphatic carbocycles. The minimum Gasteiger partial charge on any atom is -0.464 e. The third-order valence-electron chi connectivity index (χ3n) is 6.69. The number of benzene rings is 2. The van der Waals surface area contributed by atoms with Crippen molar-refractivity contribution in [3.05, 3.63) is 71.8 Å². The van der Waals surface area contributed by atoms with E-state index in [1.165, 1.54) is 0 Å². The molecule has 5 N–H and O–H groups in total. The Morgan fingerprint density at radius 1 is 0.792 bits per heavy atom. The van der Waals surface area contributed by atoms with E-state index in [0.717, 1.165) is 11.1 Å². The van der Waals surface area contributed by atoms with Crippen molar-refractivity contribution in [1.82, 2.24) is 10.6 Å². The number of rotatable bonds is 17. The minimum absolute atomic E-state index is 0.0529. The Labute approximate surface area is 281 Å². The maximum atomic E-state index is 12.9. The quantitative estimate of drug-likeness (QED) is 0.0943. The second kappa shape index (κ2) is 18.5. The van der Waals surface area contributed by atoms with Crippen molar-refractivity contribution in [2.45, 2.75) is 102 Å². The van der Waals surface area contributed by atoms with E-state index in [0.29, 0.717) is 6.29 Å². The van der Waals surface area contributed by atoms with Crippen molar-refractivity contribution < 1.29 is 53.4 Å². The van der Waals surface area contributed by atoms with Gasteiger partial charge in [0.25, 0.3) is 0 Å². The molecule has 0 aliphatic rings. The van der Waals surface area contributed by atoms with Crippen LogP contribution in [0.3, 0.4) is 0 Å². The molecule has 13 heteroatoms. The molecule has 0 aromatic heterocycles. The van der Waals surface area contributed by atoms with Crippen molar-refractivity contribution in [1.29, 1.82) is 0 Å². The van der Waals surface area contributed by atoms with Gasteiger partial charge in [-0.2, -0.15) is 0 Å². The van der Waals surface area contributed by atoms with E-state index in [1.54, 1.807) is 96.1 Å². The third kappa shape index (κ3) is 15.2. The summed E-state index contributed by atoms with van der Waals surface area (Å²) < 4.78 is 21.4. The predicted octanol–water partition coefficient (Wildman–Crippen LogP) is 2.86. The SMILES string of the molecule is CC(C)(C)OC(=O)N[C@@H](Cc1ccccc1)C(=O)OCC[C@@H](O)[C@H](O)[C@@H](O)COC[C@@](C=O)(Cc1ccccc1)NC(=O)OC(C)(C)C. The summed E-state index contributed by atoms with van der Waals surface area (Å²) in [4.78, 5) is 50.2. The first-order chi connectivity index (χ1) is 22.4. The number of aldehydes is 1. The van der Waals surface area contributed by atoms with Crippen LogP contribution in [0.1, 0.15) is 59.1 Å². The number of esters is 1. The Bertz CT molecular complexity index is 1300. The fourth-order valence-corrected chi connectivity index (χ4v) is 4.46. The Morgan fingerprint density at radius 3 is 1.88 bits per heavy atom. The van der Waals surface area contributed by atoms with Crippen molar-refractivity contribution in [3.63, 3.8) is 0 Å². The van der Waals surface area contributed by atoms with Gasteiger partial charge in [-0.15, -0.1) is 0 Å². The molecule has 0 bridgehead atoms. The number of alkyl carbamates (subject to hydrolysis) is 2. The lowest BCUT2D eigenvalue weighted by atomic mass is 9.93. The summed E-state index contributed by atoms with van der Waals surface area (Å²) in [5.74, 6) is -0.781. The second-order valence-electron chi connectivity index (χ2n) is 13.5. The highest BCUT2D eigenvalue weighted by Crippen LogP contribution is 2.17. The monoisotopic (exact) mass is 674 g/mol. The third-order valence-corrected chi connectivity index (χ3v) is 6.69. The number of hydrogen-bond acceptors (Lipinski definition) is 11. The maximum absolute atomic E-state index is 12.9. The topological polar surface area (TPSA) is 190 Å². The molecule has 48 heavy (non-hydrogen) atoms. The van der Waals surface area contributed by atoms with Crippen LogP contribution in [0.2, 0.25) is 0 Å². The van der Waals surface area contributed by atoms with Crippen LogP contribution in [0.5, 0.6) is 0 Å². The molecule has 266 valence electrons. The normalized spacial score (nSPS) is 15.5. The smallest absolute Gasteiger partial charge is 0.408 e. The van der Waals surface area contributed by atoms with Gasteiger partial charge in [0.15, 0.2) is 0 Å². The molecule has 0 aliphatic heterocycles. The summed E-state index contributed by atoms with van der Waals surface area (Å²) in [6, 6.07) is 16.8. The summed E-state index contributed by atoms with van der Waals surface area (Å²) >= 11 is 0. The lowest BCUT2D eigenvalue weighted by molar-refractivity contribution is -0.148. The summed E-state index contributed by atoms with van der Waals surface area (Å²) in [6.45, 7) is 8.88. The summed E-state index contributed by atoms with van der Waals surface area (Å²) in [5.41, 5.74) is -1.69. The molecule has 0 saturated carbocycles. The number of amides is 2. The van der Waals surface area contributed by atoms with Crippen molar-refractivity contribution in [2.75, 3.05) is 19.8 Å². The number of aliphatic hydroxyl groups is 3. The zero-order chi connectivity index (χ0) is 36.0. The predicted molar refractivity (Wildman–Crippen MR) is 176 cm³/mol. The van der Waals surface area contributed by atoms with Crippen LogP contribution in [0, 0.1) is 0 Å². The van der Waals surface area contributed by atoms with Crippen LogP contribution in [-0.2, 0) is 41.4 Å². The first kappa shape index (κ1) is 40.1. The van der Waals surface area contributed by atoms with Crippen LogP contribution >= 0.6 is 0 Å². The molecule has 2 rings (SSSR count). The average Bonchev–Trinajstić information content (AvgIpc) is 2.99. The maximum Gasteiger partial charge on any atom is 0.408 e. The van der Waals surface area contributed by atoms with Gasteiger partial charge in [-0.1, -0.05) is 60.7 Å². The van der Waals surface area contributed by atoms with Gasteiger partial charge < -0.3 is 49.7 Å². The molecular weight excluding hydrogens is 624 g/mol. The highest BCUT2D eigenvalue weighted by Gasteiger charge is 2.35. The average molecular weight is 675 g/mol. The summed E-state index contributed by atoms with van der Waals surface area (Å²) in [5, 5.41) is 36.6. The number of carbonyl (C=O) groups excluding carboxylic acids is 4. The van der Waals surface area contributed by atoms with Crippen molar-refractivity contribution in [2.24, 2.45) is 0 Å². The van der Waals surface area contributed by atoms with Gasteiger partial charge in [-0.25, -0.2) is 14.4 Å². The first-order valence-corrected chi connectivity index (χ1v) is 15.8. The van der Waals surface area contributed by atoms with Gasteiger partial charge in [0.1, 0.15) is 41.3 Å². The molecule has 0 saturated heterocycles. The highest BCUT2D eigenvalue weighted by molar-refractivity contribution is 5.82. The zero-order valence-corrected chi connectivity index (χ0v) is 28.5. The number of aliphatic hydroxyl groups excluding tert-OH is 3. The minimum atomic E-state index is -1.71. The zero-order valence-electron chi connectivity index (χ0n) is 28.5. The highest BCUT2D eigenvalue weighted by atomic mass is 16.6. The largest absolute Gasteiger partial charge is 0.464 e. The summed E-state index contributed by atoms with van der Waals surface area (Å²) in [7, 11) is 0. The number of nitrogens with one attached hydrogen (secondary N) is 2. The van der Waals surface area contributed by atoms with Gasteiger partial charge in [-0.3, -0.25) is 0 Å². The number of hydrogen-bond donors (Lipinski definition) is 5. The molecule has 0 heterocycles. The van der Waals surface area contributed by atoms with Gasteiger partial charge in [0, 0.05) is 19.3 Å². The van der Waals surface area contributed by atoms with Crippen LogP contribution in [0.15, 0.2) is 60.7 Å². The first-order valence-electron chi connectivity index (χ1n) is 15.8. The summed E-state index contributed by atoms with van der Waals surface area (Å²) in [6.07, 6.45) is -6.02. The van der Waals surface area contributed by atoms with E-state index in [-0.39, 0.29) is 32.5 Å². The van der Waals surface area contributed by atoms with Crippen molar-refractivity contribution >= 4 is 24.4 Å². The van der Waals surface area contributed by atoms with Crippen LogP contribution in [0.4, 0.5) is 9.59 Å². The standard InChI is InChI=1S/C35H50N2O11/c1-33(2,3)47-31(43)36-26(19-24-13-9-7-10-14-24)30(42)46-18-17-27(39)29(41)28(40)21-45-23-35(22-38,20-25-15-11-8-12-16-25)37-32(44)48-34(4,5)6/h7-16,22,26-29,39-41H,17-21,23H2,1-6H3,(H,36,43)(H,37,44)/t26-,27+,28-,29-,35-/m0/s1. The lowest BCUT2D eigenvalue weighted by Gasteiger charge is -2.31. The fraction of sp³-hybridized carbons (Fsp3) is 0.543. The van der Waals surface area contributed by atoms with Crippen LogP contribution < -0.4 is 10.6 Å². The number of carbonyl (C=O) groups is 4. The molecule has 0 spiro atoms.